The summed E-state index contributed by atoms with van der Waals surface area (Å²) in [5.74, 6) is 1.01. The molecule has 1 aromatic heterocycles. The van der Waals surface area contributed by atoms with Crippen LogP contribution in [-0.4, -0.2) is 60.3 Å². The maximum Gasteiger partial charge on any atom is 0.247 e. The lowest BCUT2D eigenvalue weighted by Crippen LogP contribution is -2.47. The summed E-state index contributed by atoms with van der Waals surface area (Å²) in [4.78, 5) is 17.1. The number of benzene rings is 2. The molecule has 0 radical (unpaired) electrons. The standard InChI is InChI=1S/C26H33N5O2/c1-20-7-9-22(10-8-20)26-29-28-25(33-26)12-11-24(32)27-13-4-14-30-15-17-31(18-16-30)23-6-3-5-21(2)19-23/h3,5-10,19H,4,11-18H2,1-2H3,(H,27,32). The number of anilines is 1. The van der Waals surface area contributed by atoms with E-state index in [1.54, 1.807) is 0 Å². The van der Waals surface area contributed by atoms with Crippen LogP contribution in [0.15, 0.2) is 52.9 Å². The van der Waals surface area contributed by atoms with Crippen molar-refractivity contribution in [2.45, 2.75) is 33.1 Å². The molecule has 4 rings (SSSR count). The van der Waals surface area contributed by atoms with Gasteiger partial charge in [0.1, 0.15) is 0 Å². The second kappa shape index (κ2) is 11.1. The van der Waals surface area contributed by atoms with Gasteiger partial charge in [0.2, 0.25) is 17.7 Å². The van der Waals surface area contributed by atoms with Gasteiger partial charge in [0.05, 0.1) is 0 Å². The summed E-state index contributed by atoms with van der Waals surface area (Å²) in [5, 5.41) is 11.2. The van der Waals surface area contributed by atoms with Gasteiger partial charge in [0.25, 0.3) is 0 Å². The average Bonchev–Trinajstić information content (AvgIpc) is 3.30. The van der Waals surface area contributed by atoms with Gasteiger partial charge in [0, 0.05) is 56.8 Å². The van der Waals surface area contributed by atoms with Crippen molar-refractivity contribution in [3.8, 4) is 11.5 Å². The summed E-state index contributed by atoms with van der Waals surface area (Å²) in [6, 6.07) is 16.6. The third-order valence-electron chi connectivity index (χ3n) is 6.04. The first kappa shape index (κ1) is 23.0. The summed E-state index contributed by atoms with van der Waals surface area (Å²) in [5.41, 5.74) is 4.69. The molecule has 0 atom stereocenters. The lowest BCUT2D eigenvalue weighted by Gasteiger charge is -2.36. The quantitative estimate of drug-likeness (QED) is 0.505. The molecule has 1 aliphatic heterocycles. The zero-order chi connectivity index (χ0) is 23.0. The van der Waals surface area contributed by atoms with E-state index in [2.05, 4.69) is 56.5 Å². The molecule has 1 saturated heterocycles. The number of aryl methyl sites for hydroxylation is 3. The number of piperazine rings is 1. The van der Waals surface area contributed by atoms with Gasteiger partial charge in [-0.2, -0.15) is 0 Å². The Morgan fingerprint density at radius 2 is 1.79 bits per heavy atom. The van der Waals surface area contributed by atoms with Gasteiger partial charge in [0.15, 0.2) is 0 Å². The van der Waals surface area contributed by atoms with Crippen LogP contribution in [-0.2, 0) is 11.2 Å². The largest absolute Gasteiger partial charge is 0.421 e. The van der Waals surface area contributed by atoms with Crippen molar-refractivity contribution in [2.24, 2.45) is 0 Å². The smallest absolute Gasteiger partial charge is 0.247 e. The van der Waals surface area contributed by atoms with Crippen molar-refractivity contribution in [2.75, 3.05) is 44.2 Å². The molecule has 0 spiro atoms. The number of aromatic nitrogens is 2. The van der Waals surface area contributed by atoms with E-state index in [0.29, 0.717) is 31.2 Å². The van der Waals surface area contributed by atoms with Gasteiger partial charge in [-0.05, 0) is 56.6 Å². The number of nitrogens with one attached hydrogen (secondary N) is 1. The van der Waals surface area contributed by atoms with Crippen LogP contribution in [0.25, 0.3) is 11.5 Å². The molecule has 7 heteroatoms. The van der Waals surface area contributed by atoms with Crippen LogP contribution in [0.1, 0.15) is 29.9 Å². The van der Waals surface area contributed by atoms with E-state index >= 15 is 0 Å². The maximum atomic E-state index is 12.2. The normalized spacial score (nSPS) is 14.4. The van der Waals surface area contributed by atoms with Crippen molar-refractivity contribution < 1.29 is 9.21 Å². The molecule has 174 valence electrons. The number of carbonyl (C=O) groups excluding carboxylic acids is 1. The van der Waals surface area contributed by atoms with Crippen LogP contribution in [0.2, 0.25) is 0 Å². The molecule has 0 bridgehead atoms. The highest BCUT2D eigenvalue weighted by Gasteiger charge is 2.17. The molecule has 0 aliphatic carbocycles. The lowest BCUT2D eigenvalue weighted by atomic mass is 10.1. The second-order valence-corrected chi connectivity index (χ2v) is 8.74. The monoisotopic (exact) mass is 447 g/mol. The van der Waals surface area contributed by atoms with Gasteiger partial charge in [-0.15, -0.1) is 10.2 Å². The fourth-order valence-corrected chi connectivity index (χ4v) is 4.06. The molecule has 7 nitrogen and oxygen atoms in total. The molecule has 1 N–H and O–H groups in total. The zero-order valence-electron chi connectivity index (χ0n) is 19.6. The van der Waals surface area contributed by atoms with E-state index in [1.165, 1.54) is 16.8 Å². The fraction of sp³-hybridized carbons (Fsp3) is 0.423. The van der Waals surface area contributed by atoms with Gasteiger partial charge in [-0.1, -0.05) is 29.8 Å². The Balaban J connectivity index is 1.10. The highest BCUT2D eigenvalue weighted by Crippen LogP contribution is 2.19. The first-order valence-corrected chi connectivity index (χ1v) is 11.8. The molecular weight excluding hydrogens is 414 g/mol. The van der Waals surface area contributed by atoms with E-state index in [-0.39, 0.29) is 5.91 Å². The molecule has 1 aliphatic rings. The maximum absolute atomic E-state index is 12.2. The van der Waals surface area contributed by atoms with E-state index in [9.17, 15) is 4.79 Å². The van der Waals surface area contributed by atoms with Crippen LogP contribution < -0.4 is 10.2 Å². The minimum atomic E-state index is 0.0225. The minimum absolute atomic E-state index is 0.0225. The van der Waals surface area contributed by atoms with E-state index < -0.39 is 0 Å². The Morgan fingerprint density at radius 3 is 2.55 bits per heavy atom. The molecule has 3 aromatic rings. The first-order valence-electron chi connectivity index (χ1n) is 11.8. The minimum Gasteiger partial charge on any atom is -0.421 e. The molecule has 1 amide bonds. The molecule has 2 heterocycles. The van der Waals surface area contributed by atoms with E-state index in [4.69, 9.17) is 4.42 Å². The predicted molar refractivity (Wildman–Crippen MR) is 130 cm³/mol. The van der Waals surface area contributed by atoms with Gasteiger partial charge in [-0.25, -0.2) is 0 Å². The topological polar surface area (TPSA) is 74.5 Å². The number of amides is 1. The lowest BCUT2D eigenvalue weighted by molar-refractivity contribution is -0.121. The molecule has 0 unspecified atom stereocenters. The highest BCUT2D eigenvalue weighted by molar-refractivity contribution is 5.75. The summed E-state index contributed by atoms with van der Waals surface area (Å²) in [7, 11) is 0. The van der Waals surface area contributed by atoms with E-state index in [0.717, 1.165) is 44.7 Å². The van der Waals surface area contributed by atoms with Crippen LogP contribution >= 0.6 is 0 Å². The summed E-state index contributed by atoms with van der Waals surface area (Å²) < 4.78 is 5.70. The molecule has 33 heavy (non-hydrogen) atoms. The Bertz CT molecular complexity index is 1040. The Kier molecular flexibility index (Phi) is 7.73. The molecule has 1 fully saturated rings. The summed E-state index contributed by atoms with van der Waals surface area (Å²) in [6.07, 6.45) is 1.75. The van der Waals surface area contributed by atoms with Crippen molar-refractivity contribution in [3.63, 3.8) is 0 Å². The third kappa shape index (κ3) is 6.65. The summed E-state index contributed by atoms with van der Waals surface area (Å²) in [6.45, 7) is 10.1. The van der Waals surface area contributed by atoms with Crippen molar-refractivity contribution in [3.05, 3.63) is 65.5 Å². The Hall–Kier alpha value is -3.19. The Labute approximate surface area is 195 Å². The average molecular weight is 448 g/mol. The molecule has 2 aromatic carbocycles. The zero-order valence-corrected chi connectivity index (χ0v) is 19.6. The number of carbonyl (C=O) groups is 1. The van der Waals surface area contributed by atoms with Crippen LogP contribution in [0, 0.1) is 13.8 Å². The van der Waals surface area contributed by atoms with Crippen molar-refractivity contribution >= 4 is 11.6 Å². The third-order valence-corrected chi connectivity index (χ3v) is 6.04. The molecular formula is C26H33N5O2. The molecule has 0 saturated carbocycles. The van der Waals surface area contributed by atoms with E-state index in [1.807, 2.05) is 31.2 Å². The van der Waals surface area contributed by atoms with Crippen molar-refractivity contribution in [1.29, 1.82) is 0 Å². The Morgan fingerprint density at radius 1 is 1.00 bits per heavy atom. The highest BCUT2D eigenvalue weighted by atomic mass is 16.4. The van der Waals surface area contributed by atoms with Gasteiger partial charge in [-0.3, -0.25) is 9.69 Å². The van der Waals surface area contributed by atoms with Crippen LogP contribution in [0.4, 0.5) is 5.69 Å². The van der Waals surface area contributed by atoms with Crippen LogP contribution in [0.3, 0.4) is 0 Å². The van der Waals surface area contributed by atoms with Gasteiger partial charge >= 0.3 is 0 Å². The van der Waals surface area contributed by atoms with Gasteiger partial charge < -0.3 is 14.6 Å². The number of hydrogen-bond donors (Lipinski definition) is 1. The number of nitrogens with zero attached hydrogens (tertiary/aromatic N) is 4. The SMILES string of the molecule is Cc1ccc(-c2nnc(CCC(=O)NCCCN3CCN(c4cccc(C)c4)CC3)o2)cc1. The first-order chi connectivity index (χ1) is 16.1. The fourth-order valence-electron chi connectivity index (χ4n) is 4.06. The summed E-state index contributed by atoms with van der Waals surface area (Å²) >= 11 is 0. The second-order valence-electron chi connectivity index (χ2n) is 8.74. The number of hydrogen-bond acceptors (Lipinski definition) is 6. The number of rotatable bonds is 9. The van der Waals surface area contributed by atoms with Crippen molar-refractivity contribution in [1.82, 2.24) is 20.4 Å². The van der Waals surface area contributed by atoms with Crippen LogP contribution in [0.5, 0.6) is 0 Å². The predicted octanol–water partition coefficient (Wildman–Crippen LogP) is 3.61.